The number of benzene rings is 1. The minimum absolute atomic E-state index is 0.0264. The van der Waals surface area contributed by atoms with Gasteiger partial charge in [-0.2, -0.15) is 0 Å². The molecule has 114 valence electrons. The molecular formula is C15H20N2O4. The molecule has 1 amide bonds. The van der Waals surface area contributed by atoms with Gasteiger partial charge in [-0.05, 0) is 30.8 Å². The molecule has 6 nitrogen and oxygen atoms in total. The van der Waals surface area contributed by atoms with Crippen molar-refractivity contribution in [2.75, 3.05) is 31.7 Å². The second kappa shape index (κ2) is 6.69. The number of hydrogen-bond acceptors (Lipinski definition) is 4. The van der Waals surface area contributed by atoms with E-state index in [2.05, 4.69) is 5.32 Å². The first-order valence-corrected chi connectivity index (χ1v) is 6.96. The van der Waals surface area contributed by atoms with E-state index in [4.69, 9.17) is 9.84 Å². The predicted molar refractivity (Wildman–Crippen MR) is 78.6 cm³/mol. The lowest BCUT2D eigenvalue weighted by Gasteiger charge is -2.24. The van der Waals surface area contributed by atoms with Crippen LogP contribution in [0, 0.1) is 5.92 Å². The van der Waals surface area contributed by atoms with Crippen LogP contribution < -0.4 is 10.2 Å². The molecule has 1 aliphatic rings. The predicted octanol–water partition coefficient (Wildman–Crippen LogP) is 0.972. The molecule has 1 fully saturated rings. The van der Waals surface area contributed by atoms with Crippen molar-refractivity contribution in [2.24, 2.45) is 5.92 Å². The lowest BCUT2D eigenvalue weighted by Crippen LogP contribution is -2.44. The van der Waals surface area contributed by atoms with Crippen LogP contribution >= 0.6 is 0 Å². The van der Waals surface area contributed by atoms with Crippen molar-refractivity contribution in [3.8, 4) is 0 Å². The molecule has 21 heavy (non-hydrogen) atoms. The van der Waals surface area contributed by atoms with Crippen molar-refractivity contribution in [2.45, 2.75) is 13.0 Å². The highest BCUT2D eigenvalue weighted by Crippen LogP contribution is 2.21. The molecule has 0 radical (unpaired) electrons. The van der Waals surface area contributed by atoms with Gasteiger partial charge in [-0.1, -0.05) is 6.92 Å². The number of hydrogen-bond donors (Lipinski definition) is 2. The maximum atomic E-state index is 12.5. The fraction of sp³-hybridized carbons (Fsp3) is 0.467. The minimum atomic E-state index is -0.980. The molecule has 6 heteroatoms. The number of anilines is 1. The zero-order chi connectivity index (χ0) is 15.4. The Morgan fingerprint density at radius 1 is 1.33 bits per heavy atom. The fourth-order valence-electron chi connectivity index (χ4n) is 2.46. The van der Waals surface area contributed by atoms with Crippen molar-refractivity contribution in [1.29, 1.82) is 0 Å². The van der Waals surface area contributed by atoms with E-state index in [9.17, 15) is 9.59 Å². The number of carboxylic acids is 1. The Bertz CT molecular complexity index is 515. The molecule has 1 aliphatic heterocycles. The number of likely N-dealkylation sites (N-methyl/N-ethyl adjacent to an activating group) is 1. The molecule has 0 spiro atoms. The monoisotopic (exact) mass is 292 g/mol. The van der Waals surface area contributed by atoms with Gasteiger partial charge in [0.25, 0.3) is 0 Å². The summed E-state index contributed by atoms with van der Waals surface area (Å²) in [4.78, 5) is 24.9. The van der Waals surface area contributed by atoms with E-state index in [-0.39, 0.29) is 23.4 Å². The van der Waals surface area contributed by atoms with Gasteiger partial charge in [-0.15, -0.1) is 0 Å². The van der Waals surface area contributed by atoms with Gasteiger partial charge in [-0.25, -0.2) is 4.79 Å². The van der Waals surface area contributed by atoms with Crippen molar-refractivity contribution < 1.29 is 19.4 Å². The highest BCUT2D eigenvalue weighted by Gasteiger charge is 2.35. The summed E-state index contributed by atoms with van der Waals surface area (Å²) >= 11 is 0. The Labute approximate surface area is 123 Å². The molecule has 0 bridgehead atoms. The third kappa shape index (κ3) is 3.40. The van der Waals surface area contributed by atoms with E-state index >= 15 is 0 Å². The van der Waals surface area contributed by atoms with Crippen molar-refractivity contribution in [3.05, 3.63) is 29.8 Å². The average Bonchev–Trinajstić information content (AvgIpc) is 2.94. The smallest absolute Gasteiger partial charge is 0.335 e. The van der Waals surface area contributed by atoms with Crippen LogP contribution in [-0.4, -0.2) is 49.8 Å². The number of carbonyl (C=O) groups excluding carboxylic acids is 1. The van der Waals surface area contributed by atoms with Gasteiger partial charge in [0.05, 0.1) is 24.7 Å². The van der Waals surface area contributed by atoms with E-state index in [1.54, 1.807) is 24.1 Å². The van der Waals surface area contributed by atoms with Crippen LogP contribution in [0.4, 0.5) is 5.69 Å². The topological polar surface area (TPSA) is 78.9 Å². The molecule has 1 heterocycles. The molecule has 2 atom stereocenters. The molecule has 2 N–H and O–H groups in total. The Balaban J connectivity index is 2.09. The first-order chi connectivity index (χ1) is 10.0. The lowest BCUT2D eigenvalue weighted by molar-refractivity contribution is -0.122. The van der Waals surface area contributed by atoms with E-state index in [0.29, 0.717) is 18.9 Å². The summed E-state index contributed by atoms with van der Waals surface area (Å²) in [6.07, 6.45) is 0. The van der Waals surface area contributed by atoms with Crippen LogP contribution in [0.2, 0.25) is 0 Å². The molecule has 1 aromatic rings. The zero-order valence-corrected chi connectivity index (χ0v) is 12.2. The van der Waals surface area contributed by atoms with Gasteiger partial charge >= 0.3 is 5.97 Å². The summed E-state index contributed by atoms with van der Waals surface area (Å²) in [5, 5.41) is 12.1. The van der Waals surface area contributed by atoms with Gasteiger partial charge in [0.1, 0.15) is 0 Å². The summed E-state index contributed by atoms with van der Waals surface area (Å²) in [5.74, 6) is -1.22. The maximum Gasteiger partial charge on any atom is 0.335 e. The number of ether oxygens (including phenoxy) is 1. The highest BCUT2D eigenvalue weighted by molar-refractivity contribution is 5.96. The Morgan fingerprint density at radius 3 is 2.57 bits per heavy atom. The quantitative estimate of drug-likeness (QED) is 0.845. The van der Waals surface area contributed by atoms with Gasteiger partial charge < -0.3 is 20.1 Å². The standard InChI is InChI=1S/C15H20N2O4/c1-3-16-13-9-21-8-12(13)14(18)17(2)11-6-4-10(5-7-11)15(19)20/h4-7,12-13,16H,3,8-9H2,1-2H3,(H,19,20). The van der Waals surface area contributed by atoms with Gasteiger partial charge in [-0.3, -0.25) is 4.79 Å². The largest absolute Gasteiger partial charge is 0.478 e. The molecule has 1 saturated heterocycles. The van der Waals surface area contributed by atoms with Crippen LogP contribution in [0.25, 0.3) is 0 Å². The average molecular weight is 292 g/mol. The van der Waals surface area contributed by atoms with Crippen LogP contribution in [0.5, 0.6) is 0 Å². The molecular weight excluding hydrogens is 272 g/mol. The van der Waals surface area contributed by atoms with Crippen LogP contribution in [-0.2, 0) is 9.53 Å². The Hall–Kier alpha value is -1.92. The molecule has 1 aromatic carbocycles. The van der Waals surface area contributed by atoms with Crippen LogP contribution in [0.1, 0.15) is 17.3 Å². The van der Waals surface area contributed by atoms with Gasteiger partial charge in [0.15, 0.2) is 0 Å². The minimum Gasteiger partial charge on any atom is -0.478 e. The Kier molecular flexibility index (Phi) is 4.93. The van der Waals surface area contributed by atoms with Crippen molar-refractivity contribution >= 4 is 17.6 Å². The number of nitrogens with one attached hydrogen (secondary N) is 1. The molecule has 0 saturated carbocycles. The molecule has 2 unspecified atom stereocenters. The van der Waals surface area contributed by atoms with E-state index in [1.807, 2.05) is 6.92 Å². The SMILES string of the molecule is CCNC1COCC1C(=O)N(C)c1ccc(C(=O)O)cc1. The zero-order valence-electron chi connectivity index (χ0n) is 12.2. The Morgan fingerprint density at radius 2 is 2.00 bits per heavy atom. The third-order valence-corrected chi connectivity index (χ3v) is 3.70. The van der Waals surface area contributed by atoms with Gasteiger partial charge in [0.2, 0.25) is 5.91 Å². The maximum absolute atomic E-state index is 12.5. The second-order valence-corrected chi connectivity index (χ2v) is 5.06. The normalized spacial score (nSPS) is 21.2. The molecule has 0 aromatic heterocycles. The summed E-state index contributed by atoms with van der Waals surface area (Å²) in [7, 11) is 1.69. The first-order valence-electron chi connectivity index (χ1n) is 6.96. The lowest BCUT2D eigenvalue weighted by atomic mass is 10.0. The van der Waals surface area contributed by atoms with E-state index in [0.717, 1.165) is 6.54 Å². The van der Waals surface area contributed by atoms with Gasteiger partial charge in [0, 0.05) is 18.8 Å². The summed E-state index contributed by atoms with van der Waals surface area (Å²) in [5.41, 5.74) is 0.876. The molecule has 0 aliphatic carbocycles. The van der Waals surface area contributed by atoms with Crippen molar-refractivity contribution in [1.82, 2.24) is 5.32 Å². The van der Waals surface area contributed by atoms with Crippen LogP contribution in [0.3, 0.4) is 0 Å². The second-order valence-electron chi connectivity index (χ2n) is 5.06. The molecule has 2 rings (SSSR count). The van der Waals surface area contributed by atoms with E-state index in [1.165, 1.54) is 12.1 Å². The number of aromatic carboxylic acids is 1. The highest BCUT2D eigenvalue weighted by atomic mass is 16.5. The number of nitrogens with zero attached hydrogens (tertiary/aromatic N) is 1. The number of carboxylic acid groups (broad SMARTS) is 1. The van der Waals surface area contributed by atoms with Crippen LogP contribution in [0.15, 0.2) is 24.3 Å². The fourth-order valence-corrected chi connectivity index (χ4v) is 2.46. The number of rotatable bonds is 5. The summed E-state index contributed by atoms with van der Waals surface area (Å²) in [6.45, 7) is 3.73. The number of amides is 1. The third-order valence-electron chi connectivity index (χ3n) is 3.70. The van der Waals surface area contributed by atoms with Crippen molar-refractivity contribution in [3.63, 3.8) is 0 Å². The first kappa shape index (κ1) is 15.5. The summed E-state index contributed by atoms with van der Waals surface area (Å²) in [6, 6.07) is 6.30. The van der Waals surface area contributed by atoms with E-state index < -0.39 is 5.97 Å². The summed E-state index contributed by atoms with van der Waals surface area (Å²) < 4.78 is 5.39. The number of carbonyl (C=O) groups is 2.